The fraction of sp³-hybridized carbons (Fsp3) is 0.571. The summed E-state index contributed by atoms with van der Waals surface area (Å²) in [5.74, 6) is -0.970. The number of likely N-dealkylation sites (tertiary alicyclic amines) is 1. The molecule has 8 heteroatoms. The first-order valence-corrected chi connectivity index (χ1v) is 6.66. The molecule has 0 spiro atoms. The van der Waals surface area contributed by atoms with Gasteiger partial charge in [0.25, 0.3) is 0 Å². The summed E-state index contributed by atoms with van der Waals surface area (Å²) in [5.41, 5.74) is 6.10. The highest BCUT2D eigenvalue weighted by molar-refractivity contribution is 7.59. The van der Waals surface area contributed by atoms with Crippen LogP contribution in [0, 0.1) is 11.6 Å². The van der Waals surface area contributed by atoms with Crippen molar-refractivity contribution < 1.29 is 13.9 Å². The standard InChI is InChI=1S/C14H20F2N2O.2ClH.H2S/c15-11-3-4-12(16)10(7-11)8-13(17)14(19)9-18-5-1-2-6-18;;;/h3-4,7,13-14,19H,1-2,5-6,8-9,17H2;2*1H;1H2/t13-,14+;;;/m1.../s1. The molecule has 0 aliphatic carbocycles. The lowest BCUT2D eigenvalue weighted by Crippen LogP contribution is -2.44. The average molecular weight is 377 g/mol. The van der Waals surface area contributed by atoms with Crippen LogP contribution >= 0.6 is 38.3 Å². The summed E-state index contributed by atoms with van der Waals surface area (Å²) < 4.78 is 26.5. The van der Waals surface area contributed by atoms with E-state index in [9.17, 15) is 13.9 Å². The van der Waals surface area contributed by atoms with Crippen LogP contribution < -0.4 is 5.73 Å². The Morgan fingerprint density at radius 2 is 1.77 bits per heavy atom. The Hall–Kier alpha value is -0.110. The van der Waals surface area contributed by atoms with Gasteiger partial charge in [-0.05, 0) is 56.1 Å². The molecule has 1 heterocycles. The molecule has 1 fully saturated rings. The second-order valence-corrected chi connectivity index (χ2v) is 5.18. The van der Waals surface area contributed by atoms with Crippen molar-refractivity contribution in [2.24, 2.45) is 5.73 Å². The lowest BCUT2D eigenvalue weighted by atomic mass is 10.0. The van der Waals surface area contributed by atoms with Gasteiger partial charge in [0.05, 0.1) is 6.10 Å². The number of β-amino-alcohol motifs (C(OH)–C–C–N with tert-alkyl or cyclic N) is 1. The molecule has 0 aromatic heterocycles. The Bertz CT molecular complexity index is 437. The number of nitrogens with two attached hydrogens (primary N) is 1. The minimum absolute atomic E-state index is 0. The van der Waals surface area contributed by atoms with Gasteiger partial charge in [-0.3, -0.25) is 0 Å². The van der Waals surface area contributed by atoms with Crippen molar-refractivity contribution in [3.8, 4) is 0 Å². The van der Waals surface area contributed by atoms with Crippen LogP contribution in [0.25, 0.3) is 0 Å². The third-order valence-corrected chi connectivity index (χ3v) is 3.60. The third kappa shape index (κ3) is 6.98. The van der Waals surface area contributed by atoms with Gasteiger partial charge in [0, 0.05) is 12.6 Å². The van der Waals surface area contributed by atoms with Gasteiger partial charge < -0.3 is 15.7 Å². The first kappa shape index (κ1) is 24.1. The van der Waals surface area contributed by atoms with E-state index in [1.54, 1.807) is 0 Å². The normalized spacial score (nSPS) is 16.9. The maximum atomic E-state index is 13.5. The first-order valence-electron chi connectivity index (χ1n) is 6.66. The summed E-state index contributed by atoms with van der Waals surface area (Å²) in [7, 11) is 0. The van der Waals surface area contributed by atoms with Crippen molar-refractivity contribution >= 4 is 38.3 Å². The Morgan fingerprint density at radius 1 is 1.18 bits per heavy atom. The number of aliphatic hydroxyl groups is 1. The van der Waals surface area contributed by atoms with E-state index in [0.717, 1.165) is 44.1 Å². The van der Waals surface area contributed by atoms with Crippen molar-refractivity contribution in [2.45, 2.75) is 31.4 Å². The van der Waals surface area contributed by atoms with Gasteiger partial charge in [-0.2, -0.15) is 13.5 Å². The van der Waals surface area contributed by atoms with Crippen LogP contribution in [0.2, 0.25) is 0 Å². The first-order chi connectivity index (χ1) is 9.06. The van der Waals surface area contributed by atoms with Crippen molar-refractivity contribution in [3.63, 3.8) is 0 Å². The predicted molar refractivity (Wildman–Crippen MR) is 94.6 cm³/mol. The van der Waals surface area contributed by atoms with Crippen molar-refractivity contribution in [1.82, 2.24) is 4.90 Å². The topological polar surface area (TPSA) is 49.5 Å². The minimum Gasteiger partial charge on any atom is -0.390 e. The molecule has 22 heavy (non-hydrogen) atoms. The van der Waals surface area contributed by atoms with E-state index in [4.69, 9.17) is 5.73 Å². The van der Waals surface area contributed by atoms with E-state index in [-0.39, 0.29) is 50.3 Å². The van der Waals surface area contributed by atoms with Gasteiger partial charge in [-0.1, -0.05) is 0 Å². The van der Waals surface area contributed by atoms with E-state index in [2.05, 4.69) is 4.90 Å². The zero-order valence-corrected chi connectivity index (χ0v) is 14.8. The molecule has 0 amide bonds. The molecule has 3 N–H and O–H groups in total. The summed E-state index contributed by atoms with van der Waals surface area (Å²) in [6.45, 7) is 2.44. The van der Waals surface area contributed by atoms with Crippen LogP contribution in [0.4, 0.5) is 8.78 Å². The molecule has 1 aliphatic rings. The van der Waals surface area contributed by atoms with Gasteiger partial charge in [0.1, 0.15) is 11.6 Å². The van der Waals surface area contributed by atoms with Crippen LogP contribution in [0.15, 0.2) is 18.2 Å². The van der Waals surface area contributed by atoms with E-state index in [1.807, 2.05) is 0 Å². The van der Waals surface area contributed by atoms with Crippen LogP contribution in [-0.2, 0) is 6.42 Å². The highest BCUT2D eigenvalue weighted by Crippen LogP contribution is 2.14. The van der Waals surface area contributed by atoms with E-state index in [1.165, 1.54) is 0 Å². The largest absolute Gasteiger partial charge is 0.390 e. The molecule has 1 aliphatic heterocycles. The smallest absolute Gasteiger partial charge is 0.126 e. The molecular formula is C14H24Cl2F2N2OS. The number of rotatable bonds is 5. The number of hydrogen-bond acceptors (Lipinski definition) is 3. The van der Waals surface area contributed by atoms with E-state index in [0.29, 0.717) is 6.54 Å². The molecule has 3 nitrogen and oxygen atoms in total. The molecular weight excluding hydrogens is 353 g/mol. The van der Waals surface area contributed by atoms with Crippen LogP contribution in [-0.4, -0.2) is 41.8 Å². The zero-order valence-electron chi connectivity index (χ0n) is 12.2. The number of benzene rings is 1. The number of halogens is 4. The highest BCUT2D eigenvalue weighted by Gasteiger charge is 2.21. The maximum absolute atomic E-state index is 13.5. The quantitative estimate of drug-likeness (QED) is 0.828. The molecule has 1 saturated heterocycles. The summed E-state index contributed by atoms with van der Waals surface area (Å²) >= 11 is 0. The third-order valence-electron chi connectivity index (χ3n) is 3.60. The Balaban J connectivity index is 0. The molecule has 2 rings (SSSR count). The summed E-state index contributed by atoms with van der Waals surface area (Å²) in [6, 6.07) is 2.71. The second-order valence-electron chi connectivity index (χ2n) is 5.18. The van der Waals surface area contributed by atoms with Gasteiger partial charge >= 0.3 is 0 Å². The van der Waals surface area contributed by atoms with Crippen molar-refractivity contribution in [3.05, 3.63) is 35.4 Å². The SMILES string of the molecule is Cl.Cl.N[C@H](Cc1cc(F)ccc1F)[C@@H](O)CN1CCCC1.S. The molecule has 1 aromatic carbocycles. The number of nitrogens with zero attached hydrogens (tertiary/aromatic N) is 1. The Labute approximate surface area is 149 Å². The summed E-state index contributed by atoms with van der Waals surface area (Å²) in [4.78, 5) is 2.15. The Kier molecular flexibility index (Phi) is 12.5. The maximum Gasteiger partial charge on any atom is 0.126 e. The van der Waals surface area contributed by atoms with E-state index >= 15 is 0 Å². The van der Waals surface area contributed by atoms with Crippen LogP contribution in [0.1, 0.15) is 18.4 Å². The van der Waals surface area contributed by atoms with Gasteiger partial charge in [-0.25, -0.2) is 8.78 Å². The highest BCUT2D eigenvalue weighted by atomic mass is 35.5. The van der Waals surface area contributed by atoms with Crippen LogP contribution in [0.3, 0.4) is 0 Å². The molecule has 0 bridgehead atoms. The van der Waals surface area contributed by atoms with Crippen molar-refractivity contribution in [1.29, 1.82) is 0 Å². The lowest BCUT2D eigenvalue weighted by Gasteiger charge is -2.24. The summed E-state index contributed by atoms with van der Waals surface area (Å²) in [5, 5.41) is 10.0. The van der Waals surface area contributed by atoms with E-state index < -0.39 is 23.8 Å². The monoisotopic (exact) mass is 376 g/mol. The van der Waals surface area contributed by atoms with Gasteiger partial charge in [0.15, 0.2) is 0 Å². The van der Waals surface area contributed by atoms with Crippen LogP contribution in [0.5, 0.6) is 0 Å². The van der Waals surface area contributed by atoms with Gasteiger partial charge in [-0.15, -0.1) is 24.8 Å². The Morgan fingerprint density at radius 3 is 2.36 bits per heavy atom. The molecule has 2 atom stereocenters. The summed E-state index contributed by atoms with van der Waals surface area (Å²) in [6.07, 6.45) is 1.69. The number of hydrogen-bond donors (Lipinski definition) is 2. The minimum atomic E-state index is -0.722. The average Bonchev–Trinajstić information content (AvgIpc) is 2.86. The molecule has 130 valence electrons. The van der Waals surface area contributed by atoms with Gasteiger partial charge in [0.2, 0.25) is 0 Å². The van der Waals surface area contributed by atoms with Crippen molar-refractivity contribution in [2.75, 3.05) is 19.6 Å². The molecule has 0 unspecified atom stereocenters. The second kappa shape index (κ2) is 11.4. The predicted octanol–water partition coefficient (Wildman–Crippen LogP) is 2.25. The lowest BCUT2D eigenvalue weighted by molar-refractivity contribution is 0.101. The molecule has 0 saturated carbocycles. The molecule has 0 radical (unpaired) electrons. The molecule has 1 aromatic rings. The zero-order chi connectivity index (χ0) is 13.8. The fourth-order valence-corrected chi connectivity index (χ4v) is 2.45. The fourth-order valence-electron chi connectivity index (χ4n) is 2.45. The number of aliphatic hydroxyl groups excluding tert-OH is 1.